The van der Waals surface area contributed by atoms with Crippen LogP contribution in [0.25, 0.3) is 0 Å². The number of nitrogens with zero attached hydrogens (tertiary/aromatic N) is 1. The van der Waals surface area contributed by atoms with Crippen molar-refractivity contribution in [3.63, 3.8) is 0 Å². The standard InChI is InChI=1S/C14H18N2O4S/c1-10(17)16-8-7-11-5-3-4-6-12(11)13(16)9-14(18)15-21(2,19)20/h3-6,13H,7-9H2,1-2H3,(H,15,18). The summed E-state index contributed by atoms with van der Waals surface area (Å²) in [5.74, 6) is -0.730. The lowest BCUT2D eigenvalue weighted by Gasteiger charge is -2.36. The van der Waals surface area contributed by atoms with E-state index in [1.165, 1.54) is 6.92 Å². The van der Waals surface area contributed by atoms with Crippen LogP contribution in [0.5, 0.6) is 0 Å². The van der Waals surface area contributed by atoms with Crippen LogP contribution in [0.4, 0.5) is 0 Å². The Balaban J connectivity index is 2.28. The van der Waals surface area contributed by atoms with Crippen LogP contribution in [0.3, 0.4) is 0 Å². The predicted molar refractivity (Wildman–Crippen MR) is 77.9 cm³/mol. The van der Waals surface area contributed by atoms with Crippen LogP contribution < -0.4 is 4.72 Å². The summed E-state index contributed by atoms with van der Waals surface area (Å²) < 4.78 is 24.2. The molecule has 0 spiro atoms. The fraction of sp³-hybridized carbons (Fsp3) is 0.429. The molecule has 0 bridgehead atoms. The zero-order valence-corrected chi connectivity index (χ0v) is 12.8. The second kappa shape index (κ2) is 5.85. The number of sulfonamides is 1. The van der Waals surface area contributed by atoms with Crippen molar-refractivity contribution in [3.8, 4) is 0 Å². The number of amides is 2. The number of hydrogen-bond donors (Lipinski definition) is 1. The maximum atomic E-state index is 11.9. The number of rotatable bonds is 3. The molecule has 1 aliphatic heterocycles. The van der Waals surface area contributed by atoms with Gasteiger partial charge >= 0.3 is 0 Å². The zero-order chi connectivity index (χ0) is 15.6. The second-order valence-corrected chi connectivity index (χ2v) is 6.93. The summed E-state index contributed by atoms with van der Waals surface area (Å²) in [6.07, 6.45) is 1.60. The van der Waals surface area contributed by atoms with Crippen molar-refractivity contribution < 1.29 is 18.0 Å². The van der Waals surface area contributed by atoms with Gasteiger partial charge in [-0.05, 0) is 17.5 Å². The van der Waals surface area contributed by atoms with Crippen LogP contribution in [0.1, 0.15) is 30.5 Å². The highest BCUT2D eigenvalue weighted by Gasteiger charge is 2.31. The van der Waals surface area contributed by atoms with Crippen LogP contribution in [0.2, 0.25) is 0 Å². The van der Waals surface area contributed by atoms with E-state index >= 15 is 0 Å². The van der Waals surface area contributed by atoms with Gasteiger partial charge in [-0.2, -0.15) is 0 Å². The van der Waals surface area contributed by atoms with Crippen LogP contribution in [0, 0.1) is 0 Å². The van der Waals surface area contributed by atoms with E-state index in [2.05, 4.69) is 0 Å². The lowest BCUT2D eigenvalue weighted by molar-refractivity contribution is -0.133. The van der Waals surface area contributed by atoms with E-state index in [9.17, 15) is 18.0 Å². The summed E-state index contributed by atoms with van der Waals surface area (Å²) in [6, 6.07) is 7.19. The third kappa shape index (κ3) is 3.81. The van der Waals surface area contributed by atoms with Crippen molar-refractivity contribution in [1.29, 1.82) is 0 Å². The Kier molecular flexibility index (Phi) is 4.32. The average Bonchev–Trinajstić information content (AvgIpc) is 2.36. The molecule has 0 saturated carbocycles. The van der Waals surface area contributed by atoms with E-state index in [0.717, 1.165) is 23.8 Å². The monoisotopic (exact) mass is 310 g/mol. The number of carbonyl (C=O) groups excluding carboxylic acids is 2. The van der Waals surface area contributed by atoms with Crippen molar-refractivity contribution in [2.45, 2.75) is 25.8 Å². The highest BCUT2D eigenvalue weighted by molar-refractivity contribution is 7.89. The fourth-order valence-corrected chi connectivity index (χ4v) is 3.17. The van der Waals surface area contributed by atoms with Crippen molar-refractivity contribution in [1.82, 2.24) is 9.62 Å². The van der Waals surface area contributed by atoms with Crippen molar-refractivity contribution in [2.75, 3.05) is 12.8 Å². The van der Waals surface area contributed by atoms with Crippen LogP contribution in [-0.2, 0) is 26.0 Å². The lowest BCUT2D eigenvalue weighted by Crippen LogP contribution is -2.41. The van der Waals surface area contributed by atoms with E-state index < -0.39 is 22.0 Å². The van der Waals surface area contributed by atoms with Crippen molar-refractivity contribution in [3.05, 3.63) is 35.4 Å². The Labute approximate surface area is 124 Å². The van der Waals surface area contributed by atoms with Crippen LogP contribution >= 0.6 is 0 Å². The second-order valence-electron chi connectivity index (χ2n) is 5.18. The molecule has 1 aromatic rings. The number of nitrogens with one attached hydrogen (secondary N) is 1. The highest BCUT2D eigenvalue weighted by atomic mass is 32.2. The van der Waals surface area contributed by atoms with Crippen LogP contribution in [-0.4, -0.2) is 37.9 Å². The van der Waals surface area contributed by atoms with Crippen molar-refractivity contribution >= 4 is 21.8 Å². The molecule has 6 nitrogen and oxygen atoms in total. The summed E-state index contributed by atoms with van der Waals surface area (Å²) in [5.41, 5.74) is 2.00. The molecule has 2 amide bonds. The highest BCUT2D eigenvalue weighted by Crippen LogP contribution is 2.32. The Morgan fingerprint density at radius 3 is 2.62 bits per heavy atom. The van der Waals surface area contributed by atoms with Gasteiger partial charge in [-0.1, -0.05) is 24.3 Å². The van der Waals surface area contributed by atoms with Gasteiger partial charge in [0, 0.05) is 13.5 Å². The van der Waals surface area contributed by atoms with Gasteiger partial charge in [0.2, 0.25) is 21.8 Å². The molecular formula is C14H18N2O4S. The Bertz CT molecular complexity index is 669. The molecule has 1 N–H and O–H groups in total. The van der Waals surface area contributed by atoms with Gasteiger partial charge in [-0.15, -0.1) is 0 Å². The lowest BCUT2D eigenvalue weighted by atomic mass is 9.90. The number of hydrogen-bond acceptors (Lipinski definition) is 4. The normalized spacial score (nSPS) is 18.0. The van der Waals surface area contributed by atoms with E-state index in [0.29, 0.717) is 6.54 Å². The number of benzene rings is 1. The molecule has 0 radical (unpaired) electrons. The zero-order valence-electron chi connectivity index (χ0n) is 12.0. The van der Waals surface area contributed by atoms with Gasteiger partial charge in [0.05, 0.1) is 18.7 Å². The van der Waals surface area contributed by atoms with Crippen LogP contribution in [0.15, 0.2) is 24.3 Å². The first-order valence-corrected chi connectivity index (χ1v) is 8.52. The number of fused-ring (bicyclic) bond motifs is 1. The van der Waals surface area contributed by atoms with Gasteiger partial charge in [0.25, 0.3) is 0 Å². The fourth-order valence-electron chi connectivity index (χ4n) is 2.67. The maximum absolute atomic E-state index is 11.9. The predicted octanol–water partition coefficient (Wildman–Crippen LogP) is 0.598. The molecule has 7 heteroatoms. The SMILES string of the molecule is CC(=O)N1CCc2ccccc2C1CC(=O)NS(C)(=O)=O. The molecule has 0 fully saturated rings. The van der Waals surface area contributed by atoms with Gasteiger partial charge in [0.15, 0.2) is 0 Å². The molecule has 1 heterocycles. The van der Waals surface area contributed by atoms with Gasteiger partial charge in [-0.3, -0.25) is 14.3 Å². The van der Waals surface area contributed by atoms with Crippen molar-refractivity contribution in [2.24, 2.45) is 0 Å². The molecule has 114 valence electrons. The molecule has 21 heavy (non-hydrogen) atoms. The summed E-state index contributed by atoms with van der Waals surface area (Å²) in [6.45, 7) is 1.98. The first-order chi connectivity index (χ1) is 9.78. The summed E-state index contributed by atoms with van der Waals surface area (Å²) in [4.78, 5) is 25.3. The molecule has 0 aromatic heterocycles. The third-order valence-electron chi connectivity index (χ3n) is 3.49. The summed E-state index contributed by atoms with van der Waals surface area (Å²) in [5, 5.41) is 0. The minimum atomic E-state index is -3.59. The topological polar surface area (TPSA) is 83.6 Å². The smallest absolute Gasteiger partial charge is 0.235 e. The molecule has 1 aromatic carbocycles. The van der Waals surface area contributed by atoms with Gasteiger partial charge in [-0.25, -0.2) is 8.42 Å². The molecular weight excluding hydrogens is 292 g/mol. The molecule has 2 rings (SSSR count). The molecule has 1 aliphatic rings. The van der Waals surface area contributed by atoms with E-state index in [-0.39, 0.29) is 12.3 Å². The molecule has 0 saturated heterocycles. The Morgan fingerprint density at radius 2 is 2.00 bits per heavy atom. The third-order valence-corrected chi connectivity index (χ3v) is 4.09. The largest absolute Gasteiger partial charge is 0.335 e. The summed E-state index contributed by atoms with van der Waals surface area (Å²) >= 11 is 0. The molecule has 1 unspecified atom stereocenters. The Hall–Kier alpha value is -1.89. The first kappa shape index (κ1) is 15.5. The van der Waals surface area contributed by atoms with Gasteiger partial charge in [0.1, 0.15) is 0 Å². The van der Waals surface area contributed by atoms with Gasteiger partial charge < -0.3 is 4.90 Å². The Morgan fingerprint density at radius 1 is 1.33 bits per heavy atom. The average molecular weight is 310 g/mol. The summed E-state index contributed by atoms with van der Waals surface area (Å²) in [7, 11) is -3.59. The van der Waals surface area contributed by atoms with E-state index in [4.69, 9.17) is 0 Å². The minimum Gasteiger partial charge on any atom is -0.335 e. The number of carbonyl (C=O) groups is 2. The quantitative estimate of drug-likeness (QED) is 0.886. The van der Waals surface area contributed by atoms with E-state index in [1.807, 2.05) is 29.0 Å². The molecule has 1 atom stereocenters. The van der Waals surface area contributed by atoms with E-state index in [1.54, 1.807) is 4.90 Å². The molecule has 0 aliphatic carbocycles. The minimum absolute atomic E-state index is 0.0658. The maximum Gasteiger partial charge on any atom is 0.235 e. The first-order valence-electron chi connectivity index (χ1n) is 6.63.